The summed E-state index contributed by atoms with van der Waals surface area (Å²) in [5.41, 5.74) is 0. The molecular weight excluding hydrogens is 349 g/mol. The number of benzene rings is 1. The molecule has 0 heterocycles. The first kappa shape index (κ1) is 20.9. The van der Waals surface area contributed by atoms with Gasteiger partial charge in [-0.15, -0.1) is 0 Å². The van der Waals surface area contributed by atoms with E-state index in [4.69, 9.17) is 27.9 Å². The molecule has 0 saturated carbocycles. The van der Waals surface area contributed by atoms with Crippen LogP contribution in [-0.2, 0) is 0 Å². The molecule has 2 amide bonds. The number of amides is 2. The van der Waals surface area contributed by atoms with Crippen LogP contribution in [0.25, 0.3) is 0 Å². The fourth-order valence-electron chi connectivity index (χ4n) is 2.11. The largest absolute Gasteiger partial charge is 0.492 e. The minimum absolute atomic E-state index is 0.0681. The molecule has 5 nitrogen and oxygen atoms in total. The molecule has 7 heteroatoms. The molecule has 1 aromatic carbocycles. The Balaban J connectivity index is 2.42. The number of carbonyl (C=O) groups excluding carboxylic acids is 1. The van der Waals surface area contributed by atoms with Crippen molar-refractivity contribution in [2.75, 3.05) is 40.3 Å². The van der Waals surface area contributed by atoms with Crippen molar-refractivity contribution in [3.05, 3.63) is 28.2 Å². The SMILES string of the molecule is CC(C)N(CCOc1ccc(Cl)c(Cl)c1)C(=O)NCCCN(C)C. The van der Waals surface area contributed by atoms with Crippen LogP contribution in [-0.4, -0.2) is 62.2 Å². The lowest BCUT2D eigenvalue weighted by molar-refractivity contribution is 0.166. The maximum absolute atomic E-state index is 12.3. The molecule has 0 aliphatic carbocycles. The zero-order chi connectivity index (χ0) is 18.1. The van der Waals surface area contributed by atoms with Gasteiger partial charge in [-0.25, -0.2) is 4.79 Å². The normalized spacial score (nSPS) is 11.0. The van der Waals surface area contributed by atoms with Crippen LogP contribution in [0, 0.1) is 0 Å². The number of nitrogens with one attached hydrogen (secondary N) is 1. The van der Waals surface area contributed by atoms with Gasteiger partial charge in [0, 0.05) is 18.7 Å². The zero-order valence-electron chi connectivity index (χ0n) is 14.8. The molecule has 1 aromatic rings. The highest BCUT2D eigenvalue weighted by Gasteiger charge is 2.16. The third kappa shape index (κ3) is 7.60. The van der Waals surface area contributed by atoms with E-state index in [0.29, 0.717) is 35.5 Å². The van der Waals surface area contributed by atoms with Crippen molar-refractivity contribution in [3.8, 4) is 5.75 Å². The van der Waals surface area contributed by atoms with Crippen LogP contribution in [0.1, 0.15) is 20.3 Å². The predicted molar refractivity (Wildman–Crippen MR) is 100 cm³/mol. The smallest absolute Gasteiger partial charge is 0.317 e. The summed E-state index contributed by atoms with van der Waals surface area (Å²) in [6, 6.07) is 5.15. The Labute approximate surface area is 154 Å². The molecule has 0 aromatic heterocycles. The quantitative estimate of drug-likeness (QED) is 0.668. The summed E-state index contributed by atoms with van der Waals surface area (Å²) >= 11 is 11.8. The molecule has 0 saturated heterocycles. The standard InChI is InChI=1S/C17H27Cl2N3O2/c1-13(2)22(17(23)20-8-5-9-21(3)4)10-11-24-14-6-7-15(18)16(19)12-14/h6-7,12-13H,5,8-11H2,1-4H3,(H,20,23). The topological polar surface area (TPSA) is 44.8 Å². The van der Waals surface area contributed by atoms with E-state index in [0.717, 1.165) is 13.0 Å². The van der Waals surface area contributed by atoms with Gasteiger partial charge < -0.3 is 19.9 Å². The third-order valence-corrected chi connectivity index (χ3v) is 4.17. The monoisotopic (exact) mass is 375 g/mol. The molecule has 0 bridgehead atoms. The van der Waals surface area contributed by atoms with Gasteiger partial charge in [-0.05, 0) is 53.0 Å². The highest BCUT2D eigenvalue weighted by atomic mass is 35.5. The van der Waals surface area contributed by atoms with Crippen molar-refractivity contribution in [2.45, 2.75) is 26.3 Å². The van der Waals surface area contributed by atoms with Crippen molar-refractivity contribution in [3.63, 3.8) is 0 Å². The number of ether oxygens (including phenoxy) is 1. The molecule has 0 spiro atoms. The van der Waals surface area contributed by atoms with E-state index in [1.54, 1.807) is 23.1 Å². The Morgan fingerprint density at radius 2 is 1.92 bits per heavy atom. The van der Waals surface area contributed by atoms with Gasteiger partial charge in [0.25, 0.3) is 0 Å². The van der Waals surface area contributed by atoms with Crippen molar-refractivity contribution >= 4 is 29.2 Å². The Hall–Kier alpha value is -1.17. The van der Waals surface area contributed by atoms with Gasteiger partial charge in [0.1, 0.15) is 12.4 Å². The van der Waals surface area contributed by atoms with Crippen LogP contribution < -0.4 is 10.1 Å². The molecule has 0 atom stereocenters. The van der Waals surface area contributed by atoms with Crippen molar-refractivity contribution in [1.82, 2.24) is 15.1 Å². The van der Waals surface area contributed by atoms with Crippen LogP contribution in [0.4, 0.5) is 4.79 Å². The van der Waals surface area contributed by atoms with Crippen LogP contribution >= 0.6 is 23.2 Å². The number of carbonyl (C=O) groups is 1. The van der Waals surface area contributed by atoms with Crippen LogP contribution in [0.15, 0.2) is 18.2 Å². The van der Waals surface area contributed by atoms with E-state index in [-0.39, 0.29) is 12.1 Å². The Morgan fingerprint density at radius 3 is 2.50 bits per heavy atom. The molecule has 0 radical (unpaired) electrons. The summed E-state index contributed by atoms with van der Waals surface area (Å²) in [6.45, 7) is 6.46. The van der Waals surface area contributed by atoms with E-state index < -0.39 is 0 Å². The Morgan fingerprint density at radius 1 is 1.21 bits per heavy atom. The van der Waals surface area contributed by atoms with Gasteiger partial charge in [0.2, 0.25) is 0 Å². The van der Waals surface area contributed by atoms with Gasteiger partial charge >= 0.3 is 6.03 Å². The number of urea groups is 1. The van der Waals surface area contributed by atoms with E-state index in [9.17, 15) is 4.79 Å². The second-order valence-electron chi connectivity index (χ2n) is 6.10. The van der Waals surface area contributed by atoms with E-state index in [1.807, 2.05) is 27.9 Å². The molecule has 0 fully saturated rings. The third-order valence-electron chi connectivity index (χ3n) is 3.43. The first-order chi connectivity index (χ1) is 11.3. The summed E-state index contributed by atoms with van der Waals surface area (Å²) in [4.78, 5) is 16.1. The van der Waals surface area contributed by atoms with Crippen LogP contribution in [0.5, 0.6) is 5.75 Å². The fourth-order valence-corrected chi connectivity index (χ4v) is 2.40. The van der Waals surface area contributed by atoms with Gasteiger partial charge in [-0.3, -0.25) is 0 Å². The predicted octanol–water partition coefficient (Wildman–Crippen LogP) is 3.74. The maximum atomic E-state index is 12.3. The van der Waals surface area contributed by atoms with E-state index >= 15 is 0 Å². The summed E-state index contributed by atoms with van der Waals surface area (Å²) in [6.07, 6.45) is 0.921. The lowest BCUT2D eigenvalue weighted by Crippen LogP contribution is -2.46. The van der Waals surface area contributed by atoms with Crippen LogP contribution in [0.2, 0.25) is 10.0 Å². The second-order valence-corrected chi connectivity index (χ2v) is 6.91. The Bertz CT molecular complexity index is 525. The number of halogens is 2. The van der Waals surface area contributed by atoms with Crippen molar-refractivity contribution < 1.29 is 9.53 Å². The first-order valence-corrected chi connectivity index (χ1v) is 8.84. The molecule has 0 aliphatic rings. The molecule has 136 valence electrons. The average Bonchev–Trinajstić information content (AvgIpc) is 2.50. The van der Waals surface area contributed by atoms with Gasteiger partial charge in [0.15, 0.2) is 0 Å². The van der Waals surface area contributed by atoms with Gasteiger partial charge in [0.05, 0.1) is 16.6 Å². The zero-order valence-corrected chi connectivity index (χ0v) is 16.3. The van der Waals surface area contributed by atoms with Crippen molar-refractivity contribution in [2.24, 2.45) is 0 Å². The molecule has 24 heavy (non-hydrogen) atoms. The van der Waals surface area contributed by atoms with Crippen LogP contribution in [0.3, 0.4) is 0 Å². The van der Waals surface area contributed by atoms with E-state index in [2.05, 4.69) is 10.2 Å². The maximum Gasteiger partial charge on any atom is 0.317 e. The Kier molecular flexibility index (Phi) is 9.26. The fraction of sp³-hybridized carbons (Fsp3) is 0.588. The van der Waals surface area contributed by atoms with Gasteiger partial charge in [-0.1, -0.05) is 23.2 Å². The molecule has 1 N–H and O–H groups in total. The first-order valence-electron chi connectivity index (χ1n) is 8.08. The second kappa shape index (κ2) is 10.6. The number of rotatable bonds is 9. The molecule has 0 aliphatic heterocycles. The lowest BCUT2D eigenvalue weighted by atomic mass is 10.3. The van der Waals surface area contributed by atoms with E-state index in [1.165, 1.54) is 0 Å². The number of hydrogen-bond donors (Lipinski definition) is 1. The number of nitrogens with zero attached hydrogens (tertiary/aromatic N) is 2. The lowest BCUT2D eigenvalue weighted by Gasteiger charge is -2.27. The summed E-state index contributed by atoms with van der Waals surface area (Å²) in [5, 5.41) is 3.89. The summed E-state index contributed by atoms with van der Waals surface area (Å²) in [7, 11) is 4.03. The molecule has 0 unspecified atom stereocenters. The highest BCUT2D eigenvalue weighted by molar-refractivity contribution is 6.42. The molecule has 1 rings (SSSR count). The summed E-state index contributed by atoms with van der Waals surface area (Å²) < 4.78 is 5.66. The minimum atomic E-state index is -0.0681. The minimum Gasteiger partial charge on any atom is -0.492 e. The molecular formula is C17H27Cl2N3O2. The summed E-state index contributed by atoms with van der Waals surface area (Å²) in [5.74, 6) is 0.638. The average molecular weight is 376 g/mol. The van der Waals surface area contributed by atoms with Gasteiger partial charge in [-0.2, -0.15) is 0 Å². The number of hydrogen-bond acceptors (Lipinski definition) is 3. The highest BCUT2D eigenvalue weighted by Crippen LogP contribution is 2.26. The van der Waals surface area contributed by atoms with Crippen molar-refractivity contribution in [1.29, 1.82) is 0 Å².